The molecule has 4 heteroatoms. The van der Waals surface area contributed by atoms with E-state index in [-0.39, 0.29) is 0 Å². The normalized spacial score (nSPS) is 12.4. The second kappa shape index (κ2) is 6.80. The van der Waals surface area contributed by atoms with Gasteiger partial charge in [-0.25, -0.2) is 9.97 Å². The Kier molecular flexibility index (Phi) is 4.14. The Labute approximate surface area is 169 Å². The molecule has 5 rings (SSSR count). The fourth-order valence-electron chi connectivity index (χ4n) is 3.53. The molecule has 0 bridgehead atoms. The van der Waals surface area contributed by atoms with Crippen LogP contribution in [-0.2, 0) is 0 Å². The lowest BCUT2D eigenvalue weighted by Gasteiger charge is -2.32. The van der Waals surface area contributed by atoms with Crippen LogP contribution in [0.2, 0.25) is 0 Å². The second-order valence-electron chi connectivity index (χ2n) is 6.99. The van der Waals surface area contributed by atoms with Gasteiger partial charge in [0.25, 0.3) is 0 Å². The van der Waals surface area contributed by atoms with Crippen molar-refractivity contribution in [2.24, 2.45) is 0 Å². The number of nitrogens with zero attached hydrogens (tertiary/aromatic N) is 3. The zero-order chi connectivity index (χ0) is 19.1. The topological polar surface area (TPSA) is 29.0 Å². The summed E-state index contributed by atoms with van der Waals surface area (Å²) in [6, 6.07) is 23.4. The summed E-state index contributed by atoms with van der Waals surface area (Å²) >= 11 is 1.74. The van der Waals surface area contributed by atoms with E-state index in [0.29, 0.717) is 0 Å². The molecule has 1 aliphatic rings. The first kappa shape index (κ1) is 17.0. The van der Waals surface area contributed by atoms with Gasteiger partial charge in [-0.1, -0.05) is 60.3 Å². The van der Waals surface area contributed by atoms with Crippen LogP contribution in [0.3, 0.4) is 0 Å². The molecule has 3 nitrogen and oxygen atoms in total. The number of aryl methyl sites for hydroxylation is 2. The van der Waals surface area contributed by atoms with Gasteiger partial charge in [-0.2, -0.15) is 0 Å². The average Bonchev–Trinajstić information content (AvgIpc) is 2.72. The molecule has 0 unspecified atom stereocenters. The fourth-order valence-corrected chi connectivity index (χ4v) is 4.73. The van der Waals surface area contributed by atoms with Crippen molar-refractivity contribution < 1.29 is 0 Å². The lowest BCUT2D eigenvalue weighted by molar-refractivity contribution is 1.02. The van der Waals surface area contributed by atoms with Gasteiger partial charge in [0.1, 0.15) is 0 Å². The summed E-state index contributed by atoms with van der Waals surface area (Å²) in [5.41, 5.74) is 5.75. The monoisotopic (exact) mass is 381 g/mol. The minimum atomic E-state index is 0.933. The van der Waals surface area contributed by atoms with Gasteiger partial charge in [0.05, 0.1) is 15.5 Å². The Morgan fingerprint density at radius 2 is 1.29 bits per heavy atom. The summed E-state index contributed by atoms with van der Waals surface area (Å²) in [6.45, 7) is 4.17. The third kappa shape index (κ3) is 2.86. The SMILES string of the molecule is Cc1cnc2c(c1)Sc1cc(C)cnc1N2c1ccccc1-c1ccccc1. The van der Waals surface area contributed by atoms with Crippen molar-refractivity contribution in [2.75, 3.05) is 4.90 Å². The number of pyridine rings is 2. The predicted molar refractivity (Wildman–Crippen MR) is 116 cm³/mol. The molecule has 0 aliphatic carbocycles. The number of anilines is 3. The van der Waals surface area contributed by atoms with Crippen LogP contribution in [0.1, 0.15) is 11.1 Å². The lowest BCUT2D eigenvalue weighted by atomic mass is 10.0. The third-order valence-electron chi connectivity index (χ3n) is 4.81. The van der Waals surface area contributed by atoms with E-state index in [1.165, 1.54) is 5.56 Å². The molecule has 2 aromatic heterocycles. The van der Waals surface area contributed by atoms with Crippen molar-refractivity contribution >= 4 is 29.1 Å². The van der Waals surface area contributed by atoms with Crippen molar-refractivity contribution in [3.05, 3.63) is 90.3 Å². The Morgan fingerprint density at radius 1 is 0.714 bits per heavy atom. The Hall–Kier alpha value is -3.11. The van der Waals surface area contributed by atoms with Crippen molar-refractivity contribution in [1.82, 2.24) is 9.97 Å². The van der Waals surface area contributed by atoms with Crippen molar-refractivity contribution in [3.8, 4) is 11.1 Å². The van der Waals surface area contributed by atoms with Crippen molar-refractivity contribution in [1.29, 1.82) is 0 Å². The van der Waals surface area contributed by atoms with Crippen molar-refractivity contribution in [3.63, 3.8) is 0 Å². The van der Waals surface area contributed by atoms with E-state index in [4.69, 9.17) is 9.97 Å². The number of aromatic nitrogens is 2. The van der Waals surface area contributed by atoms with Gasteiger partial charge in [-0.15, -0.1) is 0 Å². The summed E-state index contributed by atoms with van der Waals surface area (Å²) in [6.07, 6.45) is 3.85. The summed E-state index contributed by atoms with van der Waals surface area (Å²) < 4.78 is 0. The maximum atomic E-state index is 4.80. The zero-order valence-corrected chi connectivity index (χ0v) is 16.6. The average molecular weight is 382 g/mol. The van der Waals surface area contributed by atoms with Crippen LogP contribution in [0.5, 0.6) is 0 Å². The molecule has 0 fully saturated rings. The van der Waals surface area contributed by atoms with E-state index in [0.717, 1.165) is 43.8 Å². The number of fused-ring (bicyclic) bond motifs is 2. The Balaban J connectivity index is 1.78. The summed E-state index contributed by atoms with van der Waals surface area (Å²) in [4.78, 5) is 14.1. The summed E-state index contributed by atoms with van der Waals surface area (Å²) in [5, 5.41) is 0. The van der Waals surface area contributed by atoms with Crippen molar-refractivity contribution in [2.45, 2.75) is 23.6 Å². The van der Waals surface area contributed by atoms with Gasteiger partial charge >= 0.3 is 0 Å². The highest BCUT2D eigenvalue weighted by atomic mass is 32.2. The molecule has 0 radical (unpaired) electrons. The van der Waals surface area contributed by atoms with Gasteiger partial charge in [0.15, 0.2) is 11.6 Å². The highest BCUT2D eigenvalue weighted by molar-refractivity contribution is 7.99. The highest BCUT2D eigenvalue weighted by Gasteiger charge is 2.29. The van der Waals surface area contributed by atoms with Crippen LogP contribution in [0.15, 0.2) is 88.9 Å². The molecule has 4 aromatic rings. The maximum Gasteiger partial charge on any atom is 0.152 e. The van der Waals surface area contributed by atoms with E-state index in [1.54, 1.807) is 11.8 Å². The smallest absolute Gasteiger partial charge is 0.152 e. The quantitative estimate of drug-likeness (QED) is 0.340. The molecule has 0 saturated heterocycles. The number of hydrogen-bond acceptors (Lipinski definition) is 4. The van der Waals surface area contributed by atoms with Gasteiger partial charge in [-0.05, 0) is 48.7 Å². The molecular weight excluding hydrogens is 362 g/mol. The van der Waals surface area contributed by atoms with Crippen LogP contribution >= 0.6 is 11.8 Å². The first-order valence-corrected chi connectivity index (χ1v) is 10.1. The van der Waals surface area contributed by atoms with Gasteiger partial charge in [-0.3, -0.25) is 4.90 Å². The van der Waals surface area contributed by atoms with Gasteiger partial charge < -0.3 is 0 Å². The fraction of sp³-hybridized carbons (Fsp3) is 0.0833. The molecule has 136 valence electrons. The largest absolute Gasteiger partial charge is 0.277 e. The number of benzene rings is 2. The lowest BCUT2D eigenvalue weighted by Crippen LogP contribution is -2.18. The number of hydrogen-bond donors (Lipinski definition) is 0. The van der Waals surface area contributed by atoms with E-state index in [2.05, 4.69) is 79.4 Å². The molecule has 2 aromatic carbocycles. The minimum absolute atomic E-state index is 0.933. The summed E-state index contributed by atoms with van der Waals surface area (Å²) in [7, 11) is 0. The highest BCUT2D eigenvalue weighted by Crippen LogP contribution is 2.51. The maximum absolute atomic E-state index is 4.80. The van der Waals surface area contributed by atoms with E-state index in [9.17, 15) is 0 Å². The van der Waals surface area contributed by atoms with Gasteiger partial charge in [0, 0.05) is 18.0 Å². The molecule has 0 N–H and O–H groups in total. The van der Waals surface area contributed by atoms with E-state index < -0.39 is 0 Å². The molecule has 3 heterocycles. The Bertz CT molecular complexity index is 1120. The molecule has 28 heavy (non-hydrogen) atoms. The first-order valence-electron chi connectivity index (χ1n) is 9.26. The Morgan fingerprint density at radius 3 is 1.93 bits per heavy atom. The predicted octanol–water partition coefficient (Wildman–Crippen LogP) is 6.69. The van der Waals surface area contributed by atoms with Crippen LogP contribution in [0.25, 0.3) is 11.1 Å². The standard InChI is InChI=1S/C24H19N3S/c1-16-12-21-23(25-14-16)27(24-22(28-21)13-17(2)15-26-24)20-11-7-6-10-19(20)18-8-4-3-5-9-18/h3-15H,1-2H3. The second-order valence-corrected chi connectivity index (χ2v) is 8.07. The van der Waals surface area contributed by atoms with Gasteiger partial charge in [0.2, 0.25) is 0 Å². The minimum Gasteiger partial charge on any atom is -0.277 e. The zero-order valence-electron chi connectivity index (χ0n) is 15.8. The van der Waals surface area contributed by atoms with Crippen LogP contribution in [0, 0.1) is 13.8 Å². The third-order valence-corrected chi connectivity index (χ3v) is 5.85. The van der Waals surface area contributed by atoms with Crippen LogP contribution in [0.4, 0.5) is 17.3 Å². The molecule has 0 saturated carbocycles. The summed E-state index contributed by atoms with van der Waals surface area (Å²) in [5.74, 6) is 1.87. The molecule has 0 spiro atoms. The number of rotatable bonds is 2. The van der Waals surface area contributed by atoms with Crippen LogP contribution < -0.4 is 4.90 Å². The number of para-hydroxylation sites is 1. The molecular formula is C24H19N3S. The molecule has 1 aliphatic heterocycles. The molecule has 0 amide bonds. The van der Waals surface area contributed by atoms with Crippen LogP contribution in [-0.4, -0.2) is 9.97 Å². The molecule has 0 atom stereocenters. The first-order chi connectivity index (χ1) is 13.7. The van der Waals surface area contributed by atoms with E-state index >= 15 is 0 Å². The van der Waals surface area contributed by atoms with E-state index in [1.807, 2.05) is 18.5 Å².